The van der Waals surface area contributed by atoms with Crippen LogP contribution in [0.15, 0.2) is 40.9 Å². The summed E-state index contributed by atoms with van der Waals surface area (Å²) in [4.78, 5) is 4.46. The molecule has 0 aliphatic carbocycles. The minimum Gasteiger partial charge on any atom is -0.494 e. The molecule has 3 nitrogen and oxygen atoms in total. The van der Waals surface area contributed by atoms with Crippen LogP contribution in [-0.4, -0.2) is 18.1 Å². The molecule has 0 radical (unpaired) electrons. The van der Waals surface area contributed by atoms with E-state index in [1.165, 1.54) is 5.56 Å². The van der Waals surface area contributed by atoms with E-state index in [9.17, 15) is 0 Å². The summed E-state index contributed by atoms with van der Waals surface area (Å²) in [6, 6.07) is 12.2. The highest BCUT2D eigenvalue weighted by Gasteiger charge is 1.99. The summed E-state index contributed by atoms with van der Waals surface area (Å²) < 4.78 is 6.47. The second-order valence-electron chi connectivity index (χ2n) is 4.52. The zero-order valence-electron chi connectivity index (χ0n) is 11.8. The Morgan fingerprint density at radius 2 is 1.90 bits per heavy atom. The number of nitrogens with one attached hydrogen (secondary N) is 1. The lowest BCUT2D eigenvalue weighted by molar-refractivity contribution is 0.340. The highest BCUT2D eigenvalue weighted by molar-refractivity contribution is 9.10. The number of ether oxygens (including phenoxy) is 1. The second-order valence-corrected chi connectivity index (χ2v) is 5.37. The predicted octanol–water partition coefficient (Wildman–Crippen LogP) is 4.21. The van der Waals surface area contributed by atoms with Gasteiger partial charge in [0, 0.05) is 11.0 Å². The average molecular weight is 335 g/mol. The summed E-state index contributed by atoms with van der Waals surface area (Å²) in [5, 5.41) is 3.34. The molecule has 106 valence electrons. The number of rotatable bonds is 6. The lowest BCUT2D eigenvalue weighted by Gasteiger charge is -2.08. The van der Waals surface area contributed by atoms with E-state index in [0.29, 0.717) is 6.61 Å². The molecule has 20 heavy (non-hydrogen) atoms. The molecule has 4 heteroatoms. The van der Waals surface area contributed by atoms with Gasteiger partial charge in [0.15, 0.2) is 0 Å². The van der Waals surface area contributed by atoms with Crippen molar-refractivity contribution in [2.24, 2.45) is 0 Å². The molecule has 0 bridgehead atoms. The van der Waals surface area contributed by atoms with E-state index in [1.54, 1.807) is 0 Å². The third kappa shape index (κ3) is 4.23. The van der Waals surface area contributed by atoms with Crippen LogP contribution in [-0.2, 0) is 6.42 Å². The van der Waals surface area contributed by atoms with Crippen LogP contribution in [0.2, 0.25) is 0 Å². The van der Waals surface area contributed by atoms with Gasteiger partial charge in [0.1, 0.15) is 11.6 Å². The quantitative estimate of drug-likeness (QED) is 0.859. The standard InChI is InChI=1S/C16H19BrN2O/c1-3-20-14-6-4-13(5-7-14)10-11-18-16-9-8-15(17)12(2)19-16/h4-9H,3,10-11H2,1-2H3,(H,18,19). The Kier molecular flexibility index (Phi) is 5.41. The fourth-order valence-electron chi connectivity index (χ4n) is 1.90. The topological polar surface area (TPSA) is 34.1 Å². The molecular formula is C16H19BrN2O. The van der Waals surface area contributed by atoms with E-state index in [-0.39, 0.29) is 0 Å². The van der Waals surface area contributed by atoms with Crippen LogP contribution in [0.25, 0.3) is 0 Å². The van der Waals surface area contributed by atoms with Crippen molar-refractivity contribution in [2.75, 3.05) is 18.5 Å². The largest absolute Gasteiger partial charge is 0.494 e. The van der Waals surface area contributed by atoms with Crippen LogP contribution in [0.1, 0.15) is 18.2 Å². The monoisotopic (exact) mass is 334 g/mol. The number of hydrogen-bond donors (Lipinski definition) is 1. The third-order valence-electron chi connectivity index (χ3n) is 2.98. The van der Waals surface area contributed by atoms with Crippen LogP contribution >= 0.6 is 15.9 Å². The van der Waals surface area contributed by atoms with E-state index < -0.39 is 0 Å². The van der Waals surface area contributed by atoms with Gasteiger partial charge in [-0.2, -0.15) is 0 Å². The van der Waals surface area contributed by atoms with Gasteiger partial charge in [-0.3, -0.25) is 0 Å². The summed E-state index contributed by atoms with van der Waals surface area (Å²) in [7, 11) is 0. The number of aryl methyl sites for hydroxylation is 1. The summed E-state index contributed by atoms with van der Waals surface area (Å²) >= 11 is 3.45. The molecule has 0 fully saturated rings. The first-order chi connectivity index (χ1) is 9.69. The van der Waals surface area contributed by atoms with Crippen LogP contribution in [0.4, 0.5) is 5.82 Å². The Bertz CT molecular complexity index is 555. The molecule has 0 atom stereocenters. The number of halogens is 1. The Labute approximate surface area is 128 Å². The highest BCUT2D eigenvalue weighted by atomic mass is 79.9. The van der Waals surface area contributed by atoms with Crippen molar-refractivity contribution in [3.8, 4) is 5.75 Å². The predicted molar refractivity (Wildman–Crippen MR) is 86.5 cm³/mol. The molecule has 0 spiro atoms. The van der Waals surface area contributed by atoms with E-state index in [0.717, 1.165) is 34.7 Å². The fourth-order valence-corrected chi connectivity index (χ4v) is 2.12. The summed E-state index contributed by atoms with van der Waals surface area (Å²) in [5.74, 6) is 1.84. The zero-order chi connectivity index (χ0) is 14.4. The van der Waals surface area contributed by atoms with Crippen LogP contribution in [0, 0.1) is 6.92 Å². The van der Waals surface area contributed by atoms with Crippen molar-refractivity contribution in [1.29, 1.82) is 0 Å². The lowest BCUT2D eigenvalue weighted by atomic mass is 10.1. The molecule has 0 aliphatic heterocycles. The van der Waals surface area contributed by atoms with E-state index in [4.69, 9.17) is 4.74 Å². The zero-order valence-corrected chi connectivity index (χ0v) is 13.4. The second kappa shape index (κ2) is 7.29. The third-order valence-corrected chi connectivity index (χ3v) is 3.81. The van der Waals surface area contributed by atoms with Gasteiger partial charge in [-0.05, 0) is 66.0 Å². The first kappa shape index (κ1) is 14.9. The summed E-state index contributed by atoms with van der Waals surface area (Å²) in [6.45, 7) is 5.55. The normalized spacial score (nSPS) is 10.3. The van der Waals surface area contributed by atoms with Gasteiger partial charge in [0.05, 0.1) is 12.3 Å². The molecule has 1 heterocycles. The molecule has 2 aromatic rings. The number of aromatic nitrogens is 1. The van der Waals surface area contributed by atoms with Crippen molar-refractivity contribution >= 4 is 21.7 Å². The minimum absolute atomic E-state index is 0.704. The van der Waals surface area contributed by atoms with Crippen molar-refractivity contribution in [1.82, 2.24) is 4.98 Å². The van der Waals surface area contributed by atoms with E-state index >= 15 is 0 Å². The van der Waals surface area contributed by atoms with Crippen molar-refractivity contribution in [2.45, 2.75) is 20.3 Å². The molecular weight excluding hydrogens is 316 g/mol. The molecule has 2 rings (SSSR count). The van der Waals surface area contributed by atoms with Gasteiger partial charge in [0.25, 0.3) is 0 Å². The Morgan fingerprint density at radius 3 is 2.55 bits per heavy atom. The van der Waals surface area contributed by atoms with Crippen LogP contribution in [0.5, 0.6) is 5.75 Å². The van der Waals surface area contributed by atoms with E-state index in [2.05, 4.69) is 38.4 Å². The number of hydrogen-bond acceptors (Lipinski definition) is 3. The Balaban J connectivity index is 1.84. The molecule has 0 saturated heterocycles. The van der Waals surface area contributed by atoms with Gasteiger partial charge in [-0.1, -0.05) is 12.1 Å². The maximum atomic E-state index is 5.43. The minimum atomic E-state index is 0.704. The average Bonchev–Trinajstić information content (AvgIpc) is 2.45. The molecule has 0 unspecified atom stereocenters. The Hall–Kier alpha value is -1.55. The maximum absolute atomic E-state index is 5.43. The fraction of sp³-hybridized carbons (Fsp3) is 0.312. The van der Waals surface area contributed by atoms with E-state index in [1.807, 2.05) is 38.1 Å². The van der Waals surface area contributed by atoms with Crippen LogP contribution < -0.4 is 10.1 Å². The Morgan fingerprint density at radius 1 is 1.15 bits per heavy atom. The van der Waals surface area contributed by atoms with Crippen molar-refractivity contribution in [3.63, 3.8) is 0 Å². The van der Waals surface area contributed by atoms with Crippen LogP contribution in [0.3, 0.4) is 0 Å². The van der Waals surface area contributed by atoms with Crippen molar-refractivity contribution in [3.05, 3.63) is 52.1 Å². The lowest BCUT2D eigenvalue weighted by Crippen LogP contribution is -2.06. The first-order valence-corrected chi connectivity index (χ1v) is 7.57. The first-order valence-electron chi connectivity index (χ1n) is 6.78. The molecule has 1 aromatic heterocycles. The number of nitrogens with zero attached hydrogens (tertiary/aromatic N) is 1. The summed E-state index contributed by atoms with van der Waals surface area (Å²) in [6.07, 6.45) is 0.962. The molecule has 1 aromatic carbocycles. The van der Waals surface area contributed by atoms with Gasteiger partial charge >= 0.3 is 0 Å². The maximum Gasteiger partial charge on any atom is 0.126 e. The highest BCUT2D eigenvalue weighted by Crippen LogP contribution is 2.16. The number of anilines is 1. The molecule has 0 amide bonds. The molecule has 1 N–H and O–H groups in total. The summed E-state index contributed by atoms with van der Waals surface area (Å²) in [5.41, 5.74) is 2.28. The van der Waals surface area contributed by atoms with Crippen molar-refractivity contribution < 1.29 is 4.74 Å². The van der Waals surface area contributed by atoms with Gasteiger partial charge in [0.2, 0.25) is 0 Å². The van der Waals surface area contributed by atoms with Gasteiger partial charge < -0.3 is 10.1 Å². The number of benzene rings is 1. The smallest absolute Gasteiger partial charge is 0.126 e. The van der Waals surface area contributed by atoms with Gasteiger partial charge in [-0.25, -0.2) is 4.98 Å². The van der Waals surface area contributed by atoms with Gasteiger partial charge in [-0.15, -0.1) is 0 Å². The molecule has 0 aliphatic rings. The number of pyridine rings is 1. The SMILES string of the molecule is CCOc1ccc(CCNc2ccc(Br)c(C)n2)cc1. The molecule has 0 saturated carbocycles.